The minimum Gasteiger partial charge on any atom is -0.465 e. The van der Waals surface area contributed by atoms with Crippen molar-refractivity contribution in [3.05, 3.63) is 42.8 Å². The first-order chi connectivity index (χ1) is 25.7. The maximum atomic E-state index is 14.4. The molecule has 1 saturated heterocycles. The number of quaternary nitrogens is 1. The Balaban J connectivity index is 2.66. The van der Waals surface area contributed by atoms with Crippen LogP contribution in [0.1, 0.15) is 112 Å². The summed E-state index contributed by atoms with van der Waals surface area (Å²) in [5.41, 5.74) is -1.51. The van der Waals surface area contributed by atoms with Gasteiger partial charge in [-0.15, -0.1) is 0 Å². The van der Waals surface area contributed by atoms with E-state index in [1.54, 1.807) is 9.96 Å². The van der Waals surface area contributed by atoms with Gasteiger partial charge in [-0.3, -0.25) is 24.1 Å². The zero-order chi connectivity index (χ0) is 41.6. The minimum atomic E-state index is -1.29. The molecule has 4 atom stereocenters. The Morgan fingerprint density at radius 3 is 1.98 bits per heavy atom. The normalized spacial score (nSPS) is 18.1. The SMILES string of the molecule is [CH2+]C(C)(C)N1CC(C)(C)N(OC(CC(CC(CC(C)c2ccccc2)C(=O)OCCCC)C(=O)OCC[NH+](C)C)C(=O)OCCN(C)C)C(CC)(CC)C1=O. The Morgan fingerprint density at radius 1 is 0.891 bits per heavy atom. The lowest BCUT2D eigenvalue weighted by molar-refractivity contribution is -0.858. The van der Waals surface area contributed by atoms with Gasteiger partial charge in [-0.2, -0.15) is 5.06 Å². The Bertz CT molecular complexity index is 1340. The maximum absolute atomic E-state index is 14.4. The lowest BCUT2D eigenvalue weighted by Gasteiger charge is -2.57. The van der Waals surface area contributed by atoms with Crippen molar-refractivity contribution in [1.82, 2.24) is 14.9 Å². The van der Waals surface area contributed by atoms with Crippen LogP contribution in [0, 0.1) is 18.8 Å². The first-order valence-corrected chi connectivity index (χ1v) is 20.4. The number of nitrogens with zero attached hydrogens (tertiary/aromatic N) is 3. The molecule has 0 bridgehead atoms. The minimum absolute atomic E-state index is 0.0166. The predicted molar refractivity (Wildman–Crippen MR) is 215 cm³/mol. The van der Waals surface area contributed by atoms with Crippen LogP contribution in [0.4, 0.5) is 0 Å². The first kappa shape index (κ1) is 48.0. The van der Waals surface area contributed by atoms with Crippen molar-refractivity contribution in [2.24, 2.45) is 11.8 Å². The summed E-state index contributed by atoms with van der Waals surface area (Å²) in [5, 5.41) is 1.69. The number of carbonyl (C=O) groups excluding carboxylic acids is 4. The van der Waals surface area contributed by atoms with Crippen molar-refractivity contribution in [3.63, 3.8) is 0 Å². The molecule has 1 amide bonds. The van der Waals surface area contributed by atoms with Gasteiger partial charge in [0.05, 0.1) is 45.0 Å². The number of hydrogen-bond donors (Lipinski definition) is 1. The number of hydroxylamine groups is 2. The molecule has 4 unspecified atom stereocenters. The lowest BCUT2D eigenvalue weighted by Crippen LogP contribution is -3.06. The van der Waals surface area contributed by atoms with E-state index in [0.717, 1.165) is 23.3 Å². The van der Waals surface area contributed by atoms with Gasteiger partial charge in [0.2, 0.25) is 5.91 Å². The molecule has 12 nitrogen and oxygen atoms in total. The van der Waals surface area contributed by atoms with E-state index in [-0.39, 0.29) is 50.5 Å². The standard InChI is InChI=1S/C43H73N4O8/c1-14-17-25-52-37(48)34(28-32(4)33-21-19-18-20-22-33)29-35(38(49)53-26-23-44(10)11)30-36(39(50)54-27-24-45(12)13)55-47-42(8,9)31-46(41(5,6)7)40(51)43(47,15-2)16-3/h18-22,32,34-36H,5,14-17,23-31H2,1-4,6-13H3/q+1/p+1. The van der Waals surface area contributed by atoms with Gasteiger partial charge in [-0.05, 0) is 77.9 Å². The summed E-state index contributed by atoms with van der Waals surface area (Å²) in [6.07, 6.45) is 1.51. The molecule has 0 radical (unpaired) electrons. The number of benzene rings is 1. The van der Waals surface area contributed by atoms with Gasteiger partial charge in [0.25, 0.3) is 0 Å². The molecular weight excluding hydrogens is 700 g/mol. The van der Waals surface area contributed by atoms with E-state index in [1.807, 2.05) is 112 Å². The molecule has 312 valence electrons. The molecule has 55 heavy (non-hydrogen) atoms. The molecule has 1 aliphatic heterocycles. The smallest absolute Gasteiger partial charge is 0.337 e. The fraction of sp³-hybridized carbons (Fsp3) is 0.744. The van der Waals surface area contributed by atoms with Crippen LogP contribution in [0.25, 0.3) is 0 Å². The van der Waals surface area contributed by atoms with Gasteiger partial charge in [0, 0.05) is 26.9 Å². The second kappa shape index (κ2) is 21.9. The Morgan fingerprint density at radius 2 is 1.45 bits per heavy atom. The van der Waals surface area contributed by atoms with Crippen molar-refractivity contribution in [1.29, 1.82) is 0 Å². The number of likely N-dealkylation sites (N-methyl/N-ethyl adjacent to an activating group) is 2. The van der Waals surface area contributed by atoms with E-state index in [9.17, 15) is 19.2 Å². The molecule has 2 rings (SSSR count). The van der Waals surface area contributed by atoms with Crippen LogP contribution < -0.4 is 4.90 Å². The second-order valence-electron chi connectivity index (χ2n) is 17.2. The van der Waals surface area contributed by atoms with E-state index in [1.165, 1.54) is 0 Å². The van der Waals surface area contributed by atoms with Crippen LogP contribution >= 0.6 is 0 Å². The van der Waals surface area contributed by atoms with Crippen molar-refractivity contribution >= 4 is 23.8 Å². The summed E-state index contributed by atoms with van der Waals surface area (Å²) >= 11 is 0. The largest absolute Gasteiger partial charge is 0.465 e. The fourth-order valence-electron chi connectivity index (χ4n) is 7.18. The Labute approximate surface area is 332 Å². The Kier molecular flexibility index (Phi) is 19.1. The monoisotopic (exact) mass is 775 g/mol. The lowest BCUT2D eigenvalue weighted by atomic mass is 9.80. The van der Waals surface area contributed by atoms with Crippen LogP contribution in [0.3, 0.4) is 0 Å². The number of amides is 1. The van der Waals surface area contributed by atoms with E-state index < -0.39 is 46.5 Å². The topological polar surface area (TPSA) is 119 Å². The molecule has 0 spiro atoms. The maximum Gasteiger partial charge on any atom is 0.337 e. The van der Waals surface area contributed by atoms with Crippen molar-refractivity contribution < 1.29 is 43.1 Å². The summed E-state index contributed by atoms with van der Waals surface area (Å²) in [6, 6.07) is 9.94. The zero-order valence-corrected chi connectivity index (χ0v) is 36.2. The third kappa shape index (κ3) is 14.1. The highest BCUT2D eigenvalue weighted by Gasteiger charge is 2.59. The van der Waals surface area contributed by atoms with Crippen LogP contribution in [0.5, 0.6) is 0 Å². The summed E-state index contributed by atoms with van der Waals surface area (Å²) in [7, 11) is 7.71. The summed E-state index contributed by atoms with van der Waals surface area (Å²) in [4.78, 5) is 68.2. The molecule has 12 heteroatoms. The van der Waals surface area contributed by atoms with Gasteiger partial charge >= 0.3 is 17.9 Å². The summed E-state index contributed by atoms with van der Waals surface area (Å²) in [5.74, 6) is -3.30. The molecular formula is C43H74N4O8+2. The van der Waals surface area contributed by atoms with Crippen LogP contribution in [0.2, 0.25) is 0 Å². The molecule has 1 fully saturated rings. The molecule has 1 aromatic rings. The highest BCUT2D eigenvalue weighted by atomic mass is 16.7. The van der Waals surface area contributed by atoms with Gasteiger partial charge in [0.1, 0.15) is 25.3 Å². The van der Waals surface area contributed by atoms with Gasteiger partial charge in [0.15, 0.2) is 11.6 Å². The fourth-order valence-corrected chi connectivity index (χ4v) is 7.18. The highest BCUT2D eigenvalue weighted by molar-refractivity contribution is 5.88. The molecule has 0 aliphatic carbocycles. The number of esters is 3. The number of unbranched alkanes of at least 4 members (excludes halogenated alkanes) is 1. The van der Waals surface area contributed by atoms with E-state index >= 15 is 0 Å². The Hall–Kier alpha value is -3.19. The molecule has 1 aliphatic rings. The van der Waals surface area contributed by atoms with Crippen molar-refractivity contribution in [3.8, 4) is 0 Å². The number of hydrogen-bond acceptors (Lipinski definition) is 10. The van der Waals surface area contributed by atoms with Gasteiger partial charge in [-0.1, -0.05) is 64.4 Å². The number of carbonyl (C=O) groups is 4. The zero-order valence-electron chi connectivity index (χ0n) is 36.2. The molecule has 1 N–H and O–H groups in total. The van der Waals surface area contributed by atoms with E-state index in [2.05, 4.69) is 13.8 Å². The number of rotatable bonds is 24. The second-order valence-corrected chi connectivity index (χ2v) is 17.2. The average molecular weight is 775 g/mol. The van der Waals surface area contributed by atoms with E-state index in [0.29, 0.717) is 38.9 Å². The third-order valence-corrected chi connectivity index (χ3v) is 10.6. The van der Waals surface area contributed by atoms with Crippen molar-refractivity contribution in [2.45, 2.75) is 129 Å². The number of piperazine rings is 1. The highest BCUT2D eigenvalue weighted by Crippen LogP contribution is 2.42. The summed E-state index contributed by atoms with van der Waals surface area (Å²) < 4.78 is 17.4. The van der Waals surface area contributed by atoms with Crippen LogP contribution in [0.15, 0.2) is 30.3 Å². The van der Waals surface area contributed by atoms with Crippen molar-refractivity contribution in [2.75, 3.05) is 67.6 Å². The predicted octanol–water partition coefficient (Wildman–Crippen LogP) is 4.72. The number of nitrogens with one attached hydrogen (secondary N) is 1. The van der Waals surface area contributed by atoms with Crippen LogP contribution in [-0.4, -0.2) is 129 Å². The van der Waals surface area contributed by atoms with Crippen LogP contribution in [-0.2, 0) is 38.2 Å². The third-order valence-electron chi connectivity index (χ3n) is 10.6. The molecule has 1 aromatic carbocycles. The number of ether oxygens (including phenoxy) is 3. The first-order valence-electron chi connectivity index (χ1n) is 20.4. The molecule has 1 heterocycles. The van der Waals surface area contributed by atoms with E-state index in [4.69, 9.17) is 19.0 Å². The average Bonchev–Trinajstić information content (AvgIpc) is 3.11. The quantitative estimate of drug-likeness (QED) is 0.0685. The van der Waals surface area contributed by atoms with Gasteiger partial charge < -0.3 is 24.0 Å². The summed E-state index contributed by atoms with van der Waals surface area (Å²) in [6.45, 7) is 21.9. The molecule has 0 aromatic heterocycles. The molecule has 0 saturated carbocycles. The van der Waals surface area contributed by atoms with Gasteiger partial charge in [-0.25, -0.2) is 4.79 Å².